The van der Waals surface area contributed by atoms with Crippen LogP contribution in [-0.2, 0) is 6.54 Å². The van der Waals surface area contributed by atoms with Crippen molar-refractivity contribution in [1.29, 1.82) is 0 Å². The average molecular weight is 424 g/mol. The molecule has 1 N–H and O–H groups in total. The van der Waals surface area contributed by atoms with E-state index in [-0.39, 0.29) is 11.0 Å². The van der Waals surface area contributed by atoms with Crippen LogP contribution in [-0.4, -0.2) is 15.5 Å². The molecule has 32 heavy (non-hydrogen) atoms. The van der Waals surface area contributed by atoms with Gasteiger partial charge >= 0.3 is 0 Å². The molecule has 2 aromatic heterocycles. The Morgan fingerprint density at radius 3 is 2.41 bits per heavy atom. The molecule has 2 heterocycles. The lowest BCUT2D eigenvalue weighted by atomic mass is 10.0. The van der Waals surface area contributed by atoms with Gasteiger partial charge in [-0.1, -0.05) is 48.0 Å². The van der Waals surface area contributed by atoms with Crippen LogP contribution >= 0.6 is 0 Å². The van der Waals surface area contributed by atoms with E-state index in [1.54, 1.807) is 18.5 Å². The minimum atomic E-state index is -0.430. The van der Waals surface area contributed by atoms with Crippen LogP contribution in [0.1, 0.15) is 32.7 Å². The first-order chi connectivity index (χ1) is 15.4. The molecule has 0 saturated heterocycles. The molecule has 0 spiro atoms. The Bertz CT molecular complexity index is 1320. The molecule has 0 aliphatic heterocycles. The lowest BCUT2D eigenvalue weighted by Crippen LogP contribution is -2.27. The van der Waals surface area contributed by atoms with Crippen LogP contribution in [0.4, 0.5) is 5.69 Å². The Balaban J connectivity index is 1.89. The predicted molar refractivity (Wildman–Crippen MR) is 128 cm³/mol. The second-order valence-electron chi connectivity index (χ2n) is 7.96. The van der Waals surface area contributed by atoms with E-state index in [2.05, 4.69) is 34.6 Å². The molecule has 0 atom stereocenters. The summed E-state index contributed by atoms with van der Waals surface area (Å²) in [6, 6.07) is 21.0. The molecule has 4 aromatic rings. The maximum absolute atomic E-state index is 13.4. The SMILES string of the molecule is Cc1ccc(Cn2c(C)cc(=O)c(C(=O)Nc3ccccc3C)c2-c2cccnc2)cc1. The first-order valence-electron chi connectivity index (χ1n) is 10.5. The van der Waals surface area contributed by atoms with Crippen molar-refractivity contribution in [2.75, 3.05) is 5.32 Å². The van der Waals surface area contributed by atoms with E-state index in [0.29, 0.717) is 17.9 Å². The highest BCUT2D eigenvalue weighted by Crippen LogP contribution is 2.25. The van der Waals surface area contributed by atoms with Crippen molar-refractivity contribution in [3.05, 3.63) is 117 Å². The zero-order valence-corrected chi connectivity index (χ0v) is 18.4. The summed E-state index contributed by atoms with van der Waals surface area (Å²) in [5.41, 5.74) is 5.73. The number of para-hydroxylation sites is 1. The Labute approximate surface area is 187 Å². The number of nitrogens with zero attached hydrogens (tertiary/aromatic N) is 2. The number of pyridine rings is 2. The van der Waals surface area contributed by atoms with E-state index < -0.39 is 5.91 Å². The first kappa shape index (κ1) is 21.2. The number of hydrogen-bond acceptors (Lipinski definition) is 3. The Morgan fingerprint density at radius 2 is 1.72 bits per heavy atom. The molecule has 1 amide bonds. The maximum Gasteiger partial charge on any atom is 0.261 e. The van der Waals surface area contributed by atoms with Gasteiger partial charge in [-0.05, 0) is 50.1 Å². The molecule has 5 nitrogen and oxygen atoms in total. The third kappa shape index (κ3) is 4.37. The van der Waals surface area contributed by atoms with E-state index in [1.165, 1.54) is 11.6 Å². The summed E-state index contributed by atoms with van der Waals surface area (Å²) >= 11 is 0. The van der Waals surface area contributed by atoms with Gasteiger partial charge in [-0.15, -0.1) is 0 Å². The third-order valence-corrected chi connectivity index (χ3v) is 5.54. The van der Waals surface area contributed by atoms with Gasteiger partial charge < -0.3 is 9.88 Å². The van der Waals surface area contributed by atoms with Gasteiger partial charge in [0.25, 0.3) is 5.91 Å². The monoisotopic (exact) mass is 423 g/mol. The van der Waals surface area contributed by atoms with E-state index in [4.69, 9.17) is 0 Å². The fourth-order valence-electron chi connectivity index (χ4n) is 3.77. The quantitative estimate of drug-likeness (QED) is 0.484. The van der Waals surface area contributed by atoms with Gasteiger partial charge in [-0.3, -0.25) is 14.6 Å². The molecule has 2 aromatic carbocycles. The molecular formula is C27H25N3O2. The number of aryl methyl sites for hydroxylation is 3. The van der Waals surface area contributed by atoms with Crippen LogP contribution in [0.25, 0.3) is 11.3 Å². The van der Waals surface area contributed by atoms with Crippen LogP contribution in [0, 0.1) is 20.8 Å². The summed E-state index contributed by atoms with van der Waals surface area (Å²) in [6.45, 7) is 6.38. The highest BCUT2D eigenvalue weighted by Gasteiger charge is 2.22. The van der Waals surface area contributed by atoms with Gasteiger partial charge in [-0.25, -0.2) is 0 Å². The largest absolute Gasteiger partial charge is 0.340 e. The van der Waals surface area contributed by atoms with Crippen molar-refractivity contribution in [2.45, 2.75) is 27.3 Å². The molecule has 0 radical (unpaired) electrons. The van der Waals surface area contributed by atoms with Crippen molar-refractivity contribution >= 4 is 11.6 Å². The van der Waals surface area contributed by atoms with E-state index in [0.717, 1.165) is 22.4 Å². The zero-order chi connectivity index (χ0) is 22.7. The normalized spacial score (nSPS) is 10.7. The number of aromatic nitrogens is 2. The summed E-state index contributed by atoms with van der Waals surface area (Å²) in [5, 5.41) is 2.92. The standard InChI is InChI=1S/C27H25N3O2/c1-18-10-12-21(13-11-18)17-30-20(3)15-24(31)25(26(30)22-8-6-14-28-16-22)27(32)29-23-9-5-4-7-19(23)2/h4-16H,17H2,1-3H3,(H,29,32). The van der Waals surface area contributed by atoms with Gasteiger partial charge in [0.1, 0.15) is 5.56 Å². The van der Waals surface area contributed by atoms with E-state index in [9.17, 15) is 9.59 Å². The van der Waals surface area contributed by atoms with E-state index >= 15 is 0 Å². The zero-order valence-electron chi connectivity index (χ0n) is 18.4. The van der Waals surface area contributed by atoms with Gasteiger partial charge in [-0.2, -0.15) is 0 Å². The van der Waals surface area contributed by atoms with Crippen LogP contribution in [0.15, 0.2) is 83.9 Å². The molecule has 0 saturated carbocycles. The average Bonchev–Trinajstić information content (AvgIpc) is 2.78. The van der Waals surface area contributed by atoms with Crippen molar-refractivity contribution in [1.82, 2.24) is 9.55 Å². The Kier molecular flexibility index (Phi) is 5.99. The minimum Gasteiger partial charge on any atom is -0.340 e. The molecule has 0 bridgehead atoms. The number of carbonyl (C=O) groups excluding carboxylic acids is 1. The molecule has 0 aliphatic carbocycles. The topological polar surface area (TPSA) is 64.0 Å². The van der Waals surface area contributed by atoms with Gasteiger partial charge in [0.15, 0.2) is 5.43 Å². The number of nitrogens with one attached hydrogen (secondary N) is 1. The predicted octanol–water partition coefficient (Wildman–Crippen LogP) is 5.14. The third-order valence-electron chi connectivity index (χ3n) is 5.54. The number of rotatable bonds is 5. The molecule has 0 unspecified atom stereocenters. The smallest absolute Gasteiger partial charge is 0.261 e. The van der Waals surface area contributed by atoms with Crippen molar-refractivity contribution in [2.24, 2.45) is 0 Å². The van der Waals surface area contributed by atoms with Crippen molar-refractivity contribution in [3.63, 3.8) is 0 Å². The first-order valence-corrected chi connectivity index (χ1v) is 10.5. The number of hydrogen-bond donors (Lipinski definition) is 1. The van der Waals surface area contributed by atoms with Crippen LogP contribution in [0.5, 0.6) is 0 Å². The van der Waals surface area contributed by atoms with Gasteiger partial charge in [0.05, 0.1) is 5.69 Å². The van der Waals surface area contributed by atoms with Crippen LogP contribution in [0.2, 0.25) is 0 Å². The molecule has 4 rings (SSSR count). The summed E-state index contributed by atoms with van der Waals surface area (Å²) < 4.78 is 2.01. The molecule has 0 aliphatic rings. The Hall–Kier alpha value is -3.99. The molecule has 5 heteroatoms. The fraction of sp³-hybridized carbons (Fsp3) is 0.148. The number of benzene rings is 2. The summed E-state index contributed by atoms with van der Waals surface area (Å²) in [4.78, 5) is 30.7. The second-order valence-corrected chi connectivity index (χ2v) is 7.96. The molecular weight excluding hydrogens is 398 g/mol. The van der Waals surface area contributed by atoms with Gasteiger partial charge in [0.2, 0.25) is 0 Å². The molecule has 160 valence electrons. The second kappa shape index (κ2) is 9.02. The number of carbonyl (C=O) groups is 1. The fourth-order valence-corrected chi connectivity index (χ4v) is 3.77. The Morgan fingerprint density at radius 1 is 0.969 bits per heavy atom. The number of anilines is 1. The van der Waals surface area contributed by atoms with E-state index in [1.807, 2.05) is 55.7 Å². The molecule has 0 fully saturated rings. The highest BCUT2D eigenvalue weighted by molar-refractivity contribution is 6.08. The summed E-state index contributed by atoms with van der Waals surface area (Å²) in [5.74, 6) is -0.430. The van der Waals surface area contributed by atoms with Gasteiger partial charge in [0, 0.05) is 41.9 Å². The summed E-state index contributed by atoms with van der Waals surface area (Å²) in [6.07, 6.45) is 3.36. The van der Waals surface area contributed by atoms with Crippen LogP contribution in [0.3, 0.4) is 0 Å². The van der Waals surface area contributed by atoms with Crippen molar-refractivity contribution < 1.29 is 4.79 Å². The number of amides is 1. The lowest BCUT2D eigenvalue weighted by molar-refractivity contribution is 0.102. The van der Waals surface area contributed by atoms with Crippen LogP contribution < -0.4 is 10.7 Å². The minimum absolute atomic E-state index is 0.110. The lowest BCUT2D eigenvalue weighted by Gasteiger charge is -2.20. The highest BCUT2D eigenvalue weighted by atomic mass is 16.2. The maximum atomic E-state index is 13.4. The van der Waals surface area contributed by atoms with Crippen molar-refractivity contribution in [3.8, 4) is 11.3 Å². The summed E-state index contributed by atoms with van der Waals surface area (Å²) in [7, 11) is 0.